The van der Waals surface area contributed by atoms with E-state index in [1.807, 2.05) is 61.5 Å². The van der Waals surface area contributed by atoms with Crippen LogP contribution < -0.4 is 0 Å². The van der Waals surface area contributed by atoms with Crippen molar-refractivity contribution in [3.8, 4) is 0 Å². The summed E-state index contributed by atoms with van der Waals surface area (Å²) in [5.41, 5.74) is 0.768. The maximum Gasteiger partial charge on any atom is 0.175 e. The summed E-state index contributed by atoms with van der Waals surface area (Å²) in [6.07, 6.45) is 0. The van der Waals surface area contributed by atoms with Crippen LogP contribution in [0.4, 0.5) is 0 Å². The first-order valence-electron chi connectivity index (χ1n) is 5.69. The van der Waals surface area contributed by atoms with Crippen LogP contribution in [0.5, 0.6) is 0 Å². The molecule has 0 saturated heterocycles. The van der Waals surface area contributed by atoms with Crippen molar-refractivity contribution < 1.29 is 4.79 Å². The van der Waals surface area contributed by atoms with Crippen molar-refractivity contribution in [3.05, 3.63) is 64.6 Å². The average Bonchev–Trinajstić information content (AvgIpc) is 2.41. The second-order valence-electron chi connectivity index (χ2n) is 3.92. The molecule has 0 radical (unpaired) electrons. The van der Waals surface area contributed by atoms with E-state index in [2.05, 4.69) is 15.9 Å². The zero-order valence-electron chi connectivity index (χ0n) is 9.97. The van der Waals surface area contributed by atoms with Crippen LogP contribution in [0.1, 0.15) is 17.3 Å². The van der Waals surface area contributed by atoms with Crippen LogP contribution in [0.3, 0.4) is 0 Å². The molecule has 0 aliphatic heterocycles. The Morgan fingerprint density at radius 2 is 1.67 bits per heavy atom. The minimum Gasteiger partial charge on any atom is -0.293 e. The third-order valence-electron chi connectivity index (χ3n) is 2.57. The predicted octanol–water partition coefficient (Wildman–Crippen LogP) is 4.81. The molecule has 2 rings (SSSR count). The molecule has 92 valence electrons. The number of ketones is 1. The van der Waals surface area contributed by atoms with Crippen LogP contribution in [0.25, 0.3) is 0 Å². The van der Waals surface area contributed by atoms with Gasteiger partial charge in [0.25, 0.3) is 0 Å². The van der Waals surface area contributed by atoms with Gasteiger partial charge < -0.3 is 0 Å². The van der Waals surface area contributed by atoms with E-state index >= 15 is 0 Å². The summed E-state index contributed by atoms with van der Waals surface area (Å²) >= 11 is 5.07. The molecular weight excluding hydrogens is 308 g/mol. The van der Waals surface area contributed by atoms with E-state index in [1.54, 1.807) is 11.8 Å². The third kappa shape index (κ3) is 3.24. The second-order valence-corrected chi connectivity index (χ2v) is 6.16. The molecule has 0 spiro atoms. The van der Waals surface area contributed by atoms with Gasteiger partial charge in [0.1, 0.15) is 0 Å². The molecule has 0 aromatic heterocycles. The number of halogens is 1. The number of thioether (sulfide) groups is 1. The largest absolute Gasteiger partial charge is 0.293 e. The number of carbonyl (C=O) groups is 1. The molecule has 1 unspecified atom stereocenters. The Labute approximate surface area is 120 Å². The van der Waals surface area contributed by atoms with Gasteiger partial charge in [0.05, 0.1) is 5.25 Å². The smallest absolute Gasteiger partial charge is 0.175 e. The van der Waals surface area contributed by atoms with Gasteiger partial charge in [-0.3, -0.25) is 4.79 Å². The van der Waals surface area contributed by atoms with E-state index in [4.69, 9.17) is 0 Å². The fraction of sp³-hybridized carbons (Fsp3) is 0.133. The monoisotopic (exact) mass is 320 g/mol. The maximum atomic E-state index is 12.2. The zero-order chi connectivity index (χ0) is 13.0. The van der Waals surface area contributed by atoms with Gasteiger partial charge in [0.15, 0.2) is 5.78 Å². The molecule has 2 aromatic carbocycles. The Morgan fingerprint density at radius 1 is 1.06 bits per heavy atom. The van der Waals surface area contributed by atoms with E-state index < -0.39 is 0 Å². The van der Waals surface area contributed by atoms with Crippen molar-refractivity contribution in [2.24, 2.45) is 0 Å². The van der Waals surface area contributed by atoms with Crippen molar-refractivity contribution in [3.63, 3.8) is 0 Å². The van der Waals surface area contributed by atoms with Gasteiger partial charge in [0, 0.05) is 14.9 Å². The second kappa shape index (κ2) is 6.21. The molecule has 0 aliphatic rings. The highest BCUT2D eigenvalue weighted by molar-refractivity contribution is 9.10. The van der Waals surface area contributed by atoms with E-state index in [0.29, 0.717) is 0 Å². The number of Topliss-reactive ketones (excluding diaryl/α,β-unsaturated/α-hetero) is 1. The van der Waals surface area contributed by atoms with Crippen LogP contribution in [-0.2, 0) is 0 Å². The van der Waals surface area contributed by atoms with Gasteiger partial charge in [-0.2, -0.15) is 0 Å². The summed E-state index contributed by atoms with van der Waals surface area (Å²) in [5.74, 6) is 0.163. The topological polar surface area (TPSA) is 17.1 Å². The van der Waals surface area contributed by atoms with Crippen molar-refractivity contribution in [1.82, 2.24) is 0 Å². The van der Waals surface area contributed by atoms with Crippen LogP contribution in [0.15, 0.2) is 64.0 Å². The lowest BCUT2D eigenvalue weighted by atomic mass is 10.1. The number of hydrogen-bond acceptors (Lipinski definition) is 2. The molecule has 1 nitrogen and oxygen atoms in total. The fourth-order valence-electron chi connectivity index (χ4n) is 1.62. The first kappa shape index (κ1) is 13.4. The fourth-order valence-corrected chi connectivity index (χ4v) is 3.15. The summed E-state index contributed by atoms with van der Waals surface area (Å²) < 4.78 is 1.03. The van der Waals surface area contributed by atoms with Gasteiger partial charge in [-0.05, 0) is 35.0 Å². The van der Waals surface area contributed by atoms with E-state index in [-0.39, 0.29) is 11.0 Å². The third-order valence-corrected chi connectivity index (χ3v) is 4.70. The van der Waals surface area contributed by atoms with Gasteiger partial charge in [-0.1, -0.05) is 42.5 Å². The predicted molar refractivity (Wildman–Crippen MR) is 80.2 cm³/mol. The average molecular weight is 321 g/mol. The van der Waals surface area contributed by atoms with Gasteiger partial charge >= 0.3 is 0 Å². The SMILES string of the molecule is CC(Sc1ccccc1Br)C(=O)c1ccccc1. The Kier molecular flexibility index (Phi) is 4.61. The molecular formula is C15H13BrOS. The quantitative estimate of drug-likeness (QED) is 0.594. The molecule has 2 aromatic rings. The van der Waals surface area contributed by atoms with Crippen molar-refractivity contribution in [2.75, 3.05) is 0 Å². The summed E-state index contributed by atoms with van der Waals surface area (Å²) in [5, 5.41) is -0.0916. The van der Waals surface area contributed by atoms with E-state index in [0.717, 1.165) is 14.9 Å². The molecule has 0 aliphatic carbocycles. The number of rotatable bonds is 4. The molecule has 18 heavy (non-hydrogen) atoms. The standard InChI is InChI=1S/C15H13BrOS/c1-11(15(17)12-7-3-2-4-8-12)18-14-10-6-5-9-13(14)16/h2-11H,1H3. The number of carbonyl (C=O) groups excluding carboxylic acids is 1. The highest BCUT2D eigenvalue weighted by atomic mass is 79.9. The summed E-state index contributed by atoms with van der Waals surface area (Å²) in [7, 11) is 0. The van der Waals surface area contributed by atoms with Crippen LogP contribution in [0.2, 0.25) is 0 Å². The molecule has 0 heterocycles. The zero-order valence-corrected chi connectivity index (χ0v) is 12.4. The maximum absolute atomic E-state index is 12.2. The minimum absolute atomic E-state index is 0.0916. The highest BCUT2D eigenvalue weighted by Crippen LogP contribution is 2.31. The van der Waals surface area contributed by atoms with Gasteiger partial charge in [-0.25, -0.2) is 0 Å². The summed E-state index contributed by atoms with van der Waals surface area (Å²) in [6, 6.07) is 17.4. The molecule has 0 amide bonds. The molecule has 3 heteroatoms. The Morgan fingerprint density at radius 3 is 2.33 bits per heavy atom. The molecule has 1 atom stereocenters. The van der Waals surface area contributed by atoms with Crippen LogP contribution in [0, 0.1) is 0 Å². The van der Waals surface area contributed by atoms with E-state index in [1.165, 1.54) is 0 Å². The normalized spacial score (nSPS) is 12.1. The van der Waals surface area contributed by atoms with Crippen LogP contribution in [-0.4, -0.2) is 11.0 Å². The van der Waals surface area contributed by atoms with Crippen LogP contribution >= 0.6 is 27.7 Å². The minimum atomic E-state index is -0.0916. The highest BCUT2D eigenvalue weighted by Gasteiger charge is 2.16. The van der Waals surface area contributed by atoms with Crippen molar-refractivity contribution >= 4 is 33.5 Å². The lowest BCUT2D eigenvalue weighted by Gasteiger charge is -2.11. The summed E-state index contributed by atoms with van der Waals surface area (Å²) in [4.78, 5) is 13.3. The molecule has 0 N–H and O–H groups in total. The number of hydrogen-bond donors (Lipinski definition) is 0. The number of benzene rings is 2. The lowest BCUT2D eigenvalue weighted by Crippen LogP contribution is -2.13. The van der Waals surface area contributed by atoms with Crippen molar-refractivity contribution in [2.45, 2.75) is 17.1 Å². The lowest BCUT2D eigenvalue weighted by molar-refractivity contribution is 0.0994. The van der Waals surface area contributed by atoms with Crippen molar-refractivity contribution in [1.29, 1.82) is 0 Å². The van der Waals surface area contributed by atoms with Gasteiger partial charge in [-0.15, -0.1) is 11.8 Å². The molecule has 0 fully saturated rings. The van der Waals surface area contributed by atoms with Gasteiger partial charge in [0.2, 0.25) is 0 Å². The van der Waals surface area contributed by atoms with E-state index in [9.17, 15) is 4.79 Å². The Bertz CT molecular complexity index is 539. The Balaban J connectivity index is 2.11. The Hall–Kier alpha value is -1.06. The first-order valence-corrected chi connectivity index (χ1v) is 7.36. The summed E-state index contributed by atoms with van der Waals surface area (Å²) in [6.45, 7) is 1.94. The molecule has 0 saturated carbocycles. The molecule has 0 bridgehead atoms. The first-order chi connectivity index (χ1) is 8.68.